The Kier molecular flexibility index (Phi) is 20.1. The Bertz CT molecular complexity index is 169. The number of aldehydes is 1. The van der Waals surface area contributed by atoms with E-state index in [1.807, 2.05) is 0 Å². The van der Waals surface area contributed by atoms with E-state index in [0.717, 1.165) is 25.0 Å². The maximum Gasteiger partial charge on any atom is 2.00 e. The van der Waals surface area contributed by atoms with Crippen LogP contribution in [0.5, 0.6) is 0 Å². The smallest absolute Gasteiger partial charge is 1.00 e. The first-order valence-corrected chi connectivity index (χ1v) is 7.78. The molecule has 1 unspecified atom stereocenters. The number of carbonyl (C=O) groups is 1. The van der Waals surface area contributed by atoms with E-state index in [0.29, 0.717) is 0 Å². The summed E-state index contributed by atoms with van der Waals surface area (Å²) in [5.41, 5.74) is 0. The predicted molar refractivity (Wildman–Crippen MR) is 84.3 cm³/mol. The SMILES string of the molecule is CCCCCCCCC(CCC=O)CCCC.[H-].[H-].[Mg+2]. The van der Waals surface area contributed by atoms with Crippen molar-refractivity contribution in [3.63, 3.8) is 0 Å². The summed E-state index contributed by atoms with van der Waals surface area (Å²) >= 11 is 0. The largest absolute Gasteiger partial charge is 2.00 e. The topological polar surface area (TPSA) is 17.1 Å². The van der Waals surface area contributed by atoms with Crippen LogP contribution in [0.3, 0.4) is 0 Å². The van der Waals surface area contributed by atoms with Gasteiger partial charge in [-0.25, -0.2) is 0 Å². The van der Waals surface area contributed by atoms with E-state index >= 15 is 0 Å². The molecule has 0 rings (SSSR count). The van der Waals surface area contributed by atoms with Gasteiger partial charge in [-0.15, -0.1) is 0 Å². The van der Waals surface area contributed by atoms with E-state index < -0.39 is 0 Å². The predicted octanol–water partition coefficient (Wildman–Crippen LogP) is 5.37. The molecule has 106 valence electrons. The van der Waals surface area contributed by atoms with Crippen LogP contribution in [0.25, 0.3) is 0 Å². The van der Waals surface area contributed by atoms with Crippen LogP contribution in [0.4, 0.5) is 0 Å². The van der Waals surface area contributed by atoms with Crippen molar-refractivity contribution in [2.45, 2.75) is 90.9 Å². The Morgan fingerprint density at radius 1 is 0.833 bits per heavy atom. The Labute approximate surface area is 134 Å². The second-order valence-corrected chi connectivity index (χ2v) is 5.31. The fraction of sp³-hybridized carbons (Fsp3) is 0.938. The van der Waals surface area contributed by atoms with Crippen molar-refractivity contribution < 1.29 is 7.65 Å². The summed E-state index contributed by atoms with van der Waals surface area (Å²) in [6, 6.07) is 0. The Morgan fingerprint density at radius 3 is 2.00 bits per heavy atom. The monoisotopic (exact) mass is 266 g/mol. The van der Waals surface area contributed by atoms with E-state index in [-0.39, 0.29) is 25.9 Å². The molecule has 0 aromatic carbocycles. The summed E-state index contributed by atoms with van der Waals surface area (Å²) in [6.45, 7) is 4.52. The van der Waals surface area contributed by atoms with Gasteiger partial charge in [-0.2, -0.15) is 0 Å². The van der Waals surface area contributed by atoms with Crippen LogP contribution in [0.1, 0.15) is 93.8 Å². The van der Waals surface area contributed by atoms with Crippen molar-refractivity contribution in [3.8, 4) is 0 Å². The minimum absolute atomic E-state index is 0. The standard InChI is InChI=1S/C16H32O.Mg.2H/c1-3-5-7-8-9-10-13-16(12-6-4-2)14-11-15-17;;;/h15-16H,3-14H2,1-2H3;;;/q;+2;2*-1. The maximum atomic E-state index is 10.4. The molecule has 2 heteroatoms. The van der Waals surface area contributed by atoms with Gasteiger partial charge in [0.05, 0.1) is 0 Å². The second kappa shape index (κ2) is 17.4. The van der Waals surface area contributed by atoms with E-state index in [2.05, 4.69) is 13.8 Å². The summed E-state index contributed by atoms with van der Waals surface area (Å²) in [6.07, 6.45) is 16.6. The first-order valence-electron chi connectivity index (χ1n) is 7.78. The van der Waals surface area contributed by atoms with Crippen molar-refractivity contribution in [3.05, 3.63) is 0 Å². The maximum absolute atomic E-state index is 10.4. The molecule has 0 fully saturated rings. The van der Waals surface area contributed by atoms with E-state index in [9.17, 15) is 4.79 Å². The first-order chi connectivity index (χ1) is 8.35. The summed E-state index contributed by atoms with van der Waals surface area (Å²) < 4.78 is 0. The summed E-state index contributed by atoms with van der Waals surface area (Å²) in [7, 11) is 0. The Morgan fingerprint density at radius 2 is 1.39 bits per heavy atom. The van der Waals surface area contributed by atoms with Gasteiger partial charge in [-0.3, -0.25) is 0 Å². The third kappa shape index (κ3) is 14.5. The normalized spacial score (nSPS) is 11.9. The molecule has 0 heterocycles. The molecule has 0 aromatic rings. The molecular weight excluding hydrogens is 232 g/mol. The average Bonchev–Trinajstić information content (AvgIpc) is 2.35. The quantitative estimate of drug-likeness (QED) is 0.249. The third-order valence-corrected chi connectivity index (χ3v) is 3.62. The summed E-state index contributed by atoms with van der Waals surface area (Å²) in [4.78, 5) is 10.4. The van der Waals surface area contributed by atoms with Crippen molar-refractivity contribution in [1.82, 2.24) is 0 Å². The minimum Gasteiger partial charge on any atom is -1.00 e. The molecule has 1 atom stereocenters. The zero-order chi connectivity index (χ0) is 12.8. The molecular formula is C16H34MgO. The van der Waals surface area contributed by atoms with Crippen LogP contribution in [-0.2, 0) is 4.79 Å². The molecule has 0 saturated carbocycles. The van der Waals surface area contributed by atoms with Crippen LogP contribution in [-0.4, -0.2) is 29.3 Å². The molecule has 0 bridgehead atoms. The molecule has 0 aliphatic rings. The molecule has 0 N–H and O–H groups in total. The fourth-order valence-electron chi connectivity index (χ4n) is 2.44. The average molecular weight is 267 g/mol. The van der Waals surface area contributed by atoms with Gasteiger partial charge in [0.15, 0.2) is 0 Å². The fourth-order valence-corrected chi connectivity index (χ4v) is 2.44. The second-order valence-electron chi connectivity index (χ2n) is 5.31. The van der Waals surface area contributed by atoms with Gasteiger partial charge < -0.3 is 7.65 Å². The van der Waals surface area contributed by atoms with Gasteiger partial charge in [-0.1, -0.05) is 78.1 Å². The zero-order valence-electron chi connectivity index (χ0n) is 14.8. The number of rotatable bonds is 13. The number of unbranched alkanes of at least 4 members (excludes halogenated alkanes) is 6. The molecule has 0 aromatic heterocycles. The van der Waals surface area contributed by atoms with Gasteiger partial charge in [-0.05, 0) is 12.3 Å². The van der Waals surface area contributed by atoms with Crippen LogP contribution in [0.2, 0.25) is 0 Å². The van der Waals surface area contributed by atoms with E-state index in [4.69, 9.17) is 0 Å². The van der Waals surface area contributed by atoms with Crippen molar-refractivity contribution in [2.24, 2.45) is 5.92 Å². The Hall–Kier alpha value is 0.436. The molecule has 0 aliphatic heterocycles. The minimum atomic E-state index is 0. The van der Waals surface area contributed by atoms with Gasteiger partial charge in [0.25, 0.3) is 0 Å². The van der Waals surface area contributed by atoms with E-state index in [1.165, 1.54) is 64.2 Å². The van der Waals surface area contributed by atoms with Gasteiger partial charge in [0.2, 0.25) is 0 Å². The van der Waals surface area contributed by atoms with Gasteiger partial charge in [0.1, 0.15) is 6.29 Å². The molecule has 0 aliphatic carbocycles. The number of hydrogen-bond acceptors (Lipinski definition) is 1. The first kappa shape index (κ1) is 20.7. The molecule has 0 spiro atoms. The van der Waals surface area contributed by atoms with Crippen LogP contribution in [0, 0.1) is 5.92 Å². The van der Waals surface area contributed by atoms with Crippen molar-refractivity contribution in [2.75, 3.05) is 0 Å². The molecule has 18 heavy (non-hydrogen) atoms. The van der Waals surface area contributed by atoms with Crippen molar-refractivity contribution >= 4 is 29.3 Å². The Balaban J connectivity index is -0.000000427. The number of hydrogen-bond donors (Lipinski definition) is 0. The van der Waals surface area contributed by atoms with Crippen LogP contribution < -0.4 is 0 Å². The third-order valence-electron chi connectivity index (χ3n) is 3.62. The van der Waals surface area contributed by atoms with Crippen molar-refractivity contribution in [1.29, 1.82) is 0 Å². The molecule has 0 saturated heterocycles. The zero-order valence-corrected chi connectivity index (χ0v) is 14.2. The molecule has 0 amide bonds. The van der Waals surface area contributed by atoms with Gasteiger partial charge in [0, 0.05) is 6.42 Å². The van der Waals surface area contributed by atoms with E-state index in [1.54, 1.807) is 0 Å². The molecule has 0 radical (unpaired) electrons. The molecule has 1 nitrogen and oxygen atoms in total. The summed E-state index contributed by atoms with van der Waals surface area (Å²) in [5, 5.41) is 0. The van der Waals surface area contributed by atoms with Crippen LogP contribution >= 0.6 is 0 Å². The van der Waals surface area contributed by atoms with Crippen LogP contribution in [0.15, 0.2) is 0 Å². The van der Waals surface area contributed by atoms with Gasteiger partial charge >= 0.3 is 23.1 Å². The summed E-state index contributed by atoms with van der Waals surface area (Å²) in [5.74, 6) is 0.811. The number of carbonyl (C=O) groups excluding carboxylic acids is 1.